The SMILES string of the molecule is Cc1cc(NCCN(C)C)nc(N2CCCC(C)C2)n1. The molecule has 20 heavy (non-hydrogen) atoms. The molecule has 112 valence electrons. The molecular weight excluding hydrogens is 250 g/mol. The fourth-order valence-electron chi connectivity index (χ4n) is 2.56. The quantitative estimate of drug-likeness (QED) is 0.892. The highest BCUT2D eigenvalue weighted by atomic mass is 15.3. The number of anilines is 2. The van der Waals surface area contributed by atoms with Crippen molar-refractivity contribution < 1.29 is 0 Å². The van der Waals surface area contributed by atoms with Gasteiger partial charge in [0, 0.05) is 37.9 Å². The van der Waals surface area contributed by atoms with Crippen molar-refractivity contribution in [1.82, 2.24) is 14.9 Å². The average Bonchev–Trinajstić information content (AvgIpc) is 2.37. The van der Waals surface area contributed by atoms with E-state index in [0.29, 0.717) is 0 Å². The highest BCUT2D eigenvalue weighted by Crippen LogP contribution is 2.21. The summed E-state index contributed by atoms with van der Waals surface area (Å²) in [6.45, 7) is 8.39. The van der Waals surface area contributed by atoms with Crippen LogP contribution in [-0.4, -0.2) is 55.1 Å². The van der Waals surface area contributed by atoms with Gasteiger partial charge < -0.3 is 15.1 Å². The second kappa shape index (κ2) is 6.88. The minimum absolute atomic E-state index is 0.734. The second-order valence-corrected chi connectivity index (χ2v) is 6.12. The number of aromatic nitrogens is 2. The average molecular weight is 277 g/mol. The van der Waals surface area contributed by atoms with Crippen LogP contribution in [0.4, 0.5) is 11.8 Å². The molecule has 5 heteroatoms. The molecule has 0 bridgehead atoms. The Balaban J connectivity index is 2.03. The van der Waals surface area contributed by atoms with Crippen LogP contribution in [0.15, 0.2) is 6.07 Å². The number of piperidine rings is 1. The van der Waals surface area contributed by atoms with Gasteiger partial charge in [0.25, 0.3) is 0 Å². The van der Waals surface area contributed by atoms with Gasteiger partial charge in [0.2, 0.25) is 5.95 Å². The van der Waals surface area contributed by atoms with E-state index in [2.05, 4.69) is 46.1 Å². The first kappa shape index (κ1) is 15.0. The molecule has 1 aromatic rings. The zero-order valence-corrected chi connectivity index (χ0v) is 13.2. The van der Waals surface area contributed by atoms with Gasteiger partial charge in [0.15, 0.2) is 0 Å². The van der Waals surface area contributed by atoms with Gasteiger partial charge in [-0.05, 0) is 39.8 Å². The minimum Gasteiger partial charge on any atom is -0.369 e. The molecule has 1 aromatic heterocycles. The maximum atomic E-state index is 4.67. The summed E-state index contributed by atoms with van der Waals surface area (Å²) < 4.78 is 0. The maximum absolute atomic E-state index is 4.67. The Morgan fingerprint density at radius 1 is 1.40 bits per heavy atom. The predicted molar refractivity (Wildman–Crippen MR) is 84.4 cm³/mol. The van der Waals surface area contributed by atoms with Crippen molar-refractivity contribution in [2.45, 2.75) is 26.7 Å². The standard InChI is InChI=1S/C15H27N5/c1-12-6-5-8-20(11-12)15-17-13(2)10-14(18-15)16-7-9-19(3)4/h10,12H,5-9,11H2,1-4H3,(H,16,17,18). The molecule has 0 amide bonds. The number of aryl methyl sites for hydroxylation is 1. The van der Waals surface area contributed by atoms with Gasteiger partial charge in [0.05, 0.1) is 0 Å². The van der Waals surface area contributed by atoms with Crippen LogP contribution in [-0.2, 0) is 0 Å². The highest BCUT2D eigenvalue weighted by molar-refractivity contribution is 5.43. The summed E-state index contributed by atoms with van der Waals surface area (Å²) in [5.41, 5.74) is 1.03. The lowest BCUT2D eigenvalue weighted by atomic mass is 10.0. The van der Waals surface area contributed by atoms with E-state index >= 15 is 0 Å². The van der Waals surface area contributed by atoms with Crippen LogP contribution < -0.4 is 10.2 Å². The van der Waals surface area contributed by atoms with Crippen molar-refractivity contribution >= 4 is 11.8 Å². The van der Waals surface area contributed by atoms with Gasteiger partial charge in [-0.25, -0.2) is 4.98 Å². The Kier molecular flexibility index (Phi) is 5.17. The predicted octanol–water partition coefficient (Wildman–Crippen LogP) is 1.99. The molecule has 1 fully saturated rings. The molecule has 1 aliphatic rings. The van der Waals surface area contributed by atoms with Crippen molar-refractivity contribution in [3.05, 3.63) is 11.8 Å². The summed E-state index contributed by atoms with van der Waals surface area (Å²) in [4.78, 5) is 13.8. The van der Waals surface area contributed by atoms with Crippen LogP contribution in [0.2, 0.25) is 0 Å². The number of likely N-dealkylation sites (N-methyl/N-ethyl adjacent to an activating group) is 1. The molecule has 0 aliphatic carbocycles. The lowest BCUT2D eigenvalue weighted by Gasteiger charge is -2.31. The van der Waals surface area contributed by atoms with Crippen LogP contribution in [0, 0.1) is 12.8 Å². The maximum Gasteiger partial charge on any atom is 0.227 e. The number of hydrogen-bond acceptors (Lipinski definition) is 5. The largest absolute Gasteiger partial charge is 0.369 e. The van der Waals surface area contributed by atoms with Crippen LogP contribution >= 0.6 is 0 Å². The van der Waals surface area contributed by atoms with E-state index < -0.39 is 0 Å². The third-order valence-corrected chi connectivity index (χ3v) is 3.65. The molecule has 1 aliphatic heterocycles. The molecule has 2 heterocycles. The third-order valence-electron chi connectivity index (χ3n) is 3.65. The van der Waals surface area contributed by atoms with E-state index in [0.717, 1.165) is 49.6 Å². The van der Waals surface area contributed by atoms with E-state index in [-0.39, 0.29) is 0 Å². The first-order valence-corrected chi connectivity index (χ1v) is 7.54. The Bertz CT molecular complexity index is 432. The van der Waals surface area contributed by atoms with E-state index in [1.54, 1.807) is 0 Å². The van der Waals surface area contributed by atoms with Crippen molar-refractivity contribution in [3.8, 4) is 0 Å². The Morgan fingerprint density at radius 3 is 2.90 bits per heavy atom. The van der Waals surface area contributed by atoms with Gasteiger partial charge in [-0.1, -0.05) is 6.92 Å². The summed E-state index contributed by atoms with van der Waals surface area (Å²) in [6, 6.07) is 2.02. The number of nitrogens with one attached hydrogen (secondary N) is 1. The summed E-state index contributed by atoms with van der Waals surface area (Å²) in [5, 5.41) is 3.39. The Morgan fingerprint density at radius 2 is 2.20 bits per heavy atom. The second-order valence-electron chi connectivity index (χ2n) is 6.12. The van der Waals surface area contributed by atoms with Crippen LogP contribution in [0.25, 0.3) is 0 Å². The summed E-state index contributed by atoms with van der Waals surface area (Å²) in [5.74, 6) is 2.55. The van der Waals surface area contributed by atoms with Gasteiger partial charge >= 0.3 is 0 Å². The van der Waals surface area contributed by atoms with E-state index in [9.17, 15) is 0 Å². The zero-order valence-electron chi connectivity index (χ0n) is 13.2. The van der Waals surface area contributed by atoms with Crippen LogP contribution in [0.1, 0.15) is 25.5 Å². The van der Waals surface area contributed by atoms with Crippen molar-refractivity contribution in [1.29, 1.82) is 0 Å². The number of nitrogens with zero attached hydrogens (tertiary/aromatic N) is 4. The topological polar surface area (TPSA) is 44.3 Å². The smallest absolute Gasteiger partial charge is 0.227 e. The van der Waals surface area contributed by atoms with Crippen molar-refractivity contribution in [2.24, 2.45) is 5.92 Å². The highest BCUT2D eigenvalue weighted by Gasteiger charge is 2.19. The normalized spacial score (nSPS) is 19.4. The Hall–Kier alpha value is -1.36. The lowest BCUT2D eigenvalue weighted by Crippen LogP contribution is -2.35. The molecule has 5 nitrogen and oxygen atoms in total. The molecule has 0 radical (unpaired) electrons. The van der Waals surface area contributed by atoms with Crippen molar-refractivity contribution in [3.63, 3.8) is 0 Å². The Labute approximate surface area is 122 Å². The zero-order chi connectivity index (χ0) is 14.5. The third kappa shape index (κ3) is 4.34. The van der Waals surface area contributed by atoms with E-state index in [1.165, 1.54) is 12.8 Å². The molecule has 1 saturated heterocycles. The number of hydrogen-bond donors (Lipinski definition) is 1. The molecule has 0 aromatic carbocycles. The molecule has 0 spiro atoms. The van der Waals surface area contributed by atoms with Crippen LogP contribution in [0.5, 0.6) is 0 Å². The van der Waals surface area contributed by atoms with Crippen molar-refractivity contribution in [2.75, 3.05) is 50.5 Å². The lowest BCUT2D eigenvalue weighted by molar-refractivity contribution is 0.425. The van der Waals surface area contributed by atoms with Gasteiger partial charge in [-0.15, -0.1) is 0 Å². The fraction of sp³-hybridized carbons (Fsp3) is 0.733. The summed E-state index contributed by atoms with van der Waals surface area (Å²) in [7, 11) is 4.15. The van der Waals surface area contributed by atoms with E-state index in [4.69, 9.17) is 0 Å². The summed E-state index contributed by atoms with van der Waals surface area (Å²) in [6.07, 6.45) is 2.55. The van der Waals surface area contributed by atoms with Gasteiger partial charge in [-0.2, -0.15) is 4.98 Å². The molecular formula is C15H27N5. The molecule has 2 rings (SSSR count). The van der Waals surface area contributed by atoms with E-state index in [1.807, 2.05) is 13.0 Å². The summed E-state index contributed by atoms with van der Waals surface area (Å²) >= 11 is 0. The minimum atomic E-state index is 0.734. The molecule has 0 saturated carbocycles. The van der Waals surface area contributed by atoms with Crippen LogP contribution in [0.3, 0.4) is 0 Å². The monoisotopic (exact) mass is 277 g/mol. The molecule has 1 N–H and O–H groups in total. The fourth-order valence-corrected chi connectivity index (χ4v) is 2.56. The molecule has 1 unspecified atom stereocenters. The first-order chi connectivity index (χ1) is 9.54. The van der Waals surface area contributed by atoms with Gasteiger partial charge in [0.1, 0.15) is 5.82 Å². The van der Waals surface area contributed by atoms with Gasteiger partial charge in [-0.3, -0.25) is 0 Å². The first-order valence-electron chi connectivity index (χ1n) is 7.54. The molecule has 1 atom stereocenters. The number of rotatable bonds is 5.